The summed E-state index contributed by atoms with van der Waals surface area (Å²) in [7, 11) is 0. The third kappa shape index (κ3) is 6.19. The molecule has 2 N–H and O–H groups in total. The van der Waals surface area contributed by atoms with Gasteiger partial charge in [-0.15, -0.1) is 11.3 Å². The number of aliphatic hydroxyl groups excluding tert-OH is 2. The van der Waals surface area contributed by atoms with Gasteiger partial charge in [-0.3, -0.25) is 9.59 Å². The van der Waals surface area contributed by atoms with Crippen LogP contribution >= 0.6 is 11.3 Å². The van der Waals surface area contributed by atoms with Crippen molar-refractivity contribution in [3.05, 3.63) is 33.8 Å². The molecule has 182 valence electrons. The first kappa shape index (κ1) is 25.8. The van der Waals surface area contributed by atoms with E-state index < -0.39 is 23.5 Å². The van der Waals surface area contributed by atoms with Crippen LogP contribution in [-0.2, 0) is 14.3 Å². The van der Waals surface area contributed by atoms with E-state index in [4.69, 9.17) is 4.74 Å². The Hall–Kier alpha value is -1.83. The molecule has 0 amide bonds. The number of thiazole rings is 1. The molecule has 7 heteroatoms. The highest BCUT2D eigenvalue weighted by Gasteiger charge is 2.50. The molecule has 0 aromatic carbocycles. The Morgan fingerprint density at radius 1 is 1.33 bits per heavy atom. The van der Waals surface area contributed by atoms with Crippen molar-refractivity contribution in [1.82, 2.24) is 4.98 Å². The van der Waals surface area contributed by atoms with Crippen molar-refractivity contribution in [3.63, 3.8) is 0 Å². The molecule has 0 radical (unpaired) electrons. The van der Waals surface area contributed by atoms with Crippen LogP contribution in [0.3, 0.4) is 0 Å². The molecule has 1 aromatic heterocycles. The van der Waals surface area contributed by atoms with Gasteiger partial charge < -0.3 is 14.9 Å². The lowest BCUT2D eigenvalue weighted by atomic mass is 9.58. The minimum atomic E-state index is -0.675. The zero-order chi connectivity index (χ0) is 24.2. The zero-order valence-electron chi connectivity index (χ0n) is 20.1. The van der Waals surface area contributed by atoms with Crippen LogP contribution in [0.25, 0.3) is 6.08 Å². The van der Waals surface area contributed by atoms with E-state index in [0.29, 0.717) is 19.3 Å². The number of hydrogen-bond acceptors (Lipinski definition) is 7. The first-order valence-electron chi connectivity index (χ1n) is 11.9. The molecular weight excluding hydrogens is 438 g/mol. The van der Waals surface area contributed by atoms with Gasteiger partial charge in [0.1, 0.15) is 11.9 Å². The van der Waals surface area contributed by atoms with Gasteiger partial charge in [-0.1, -0.05) is 26.8 Å². The molecular formula is C26H37NO5S. The maximum Gasteiger partial charge on any atom is 0.306 e. The predicted molar refractivity (Wildman–Crippen MR) is 130 cm³/mol. The van der Waals surface area contributed by atoms with Gasteiger partial charge in [0, 0.05) is 29.6 Å². The summed E-state index contributed by atoms with van der Waals surface area (Å²) in [6.45, 7) is 7.58. The summed E-state index contributed by atoms with van der Waals surface area (Å²) < 4.78 is 5.82. The van der Waals surface area contributed by atoms with E-state index in [9.17, 15) is 19.8 Å². The van der Waals surface area contributed by atoms with Crippen LogP contribution in [-0.4, -0.2) is 45.8 Å². The van der Waals surface area contributed by atoms with Crippen LogP contribution in [0.1, 0.15) is 70.0 Å². The average molecular weight is 476 g/mol. The van der Waals surface area contributed by atoms with Gasteiger partial charge in [0.05, 0.1) is 23.4 Å². The predicted octanol–water partition coefficient (Wildman–Crippen LogP) is 4.49. The maximum atomic E-state index is 13.2. The number of fused-ring (bicyclic) bond motifs is 2. The van der Waals surface area contributed by atoms with Gasteiger partial charge >= 0.3 is 5.97 Å². The van der Waals surface area contributed by atoms with E-state index >= 15 is 0 Å². The monoisotopic (exact) mass is 475 g/mol. The third-order valence-corrected chi connectivity index (χ3v) is 8.33. The van der Waals surface area contributed by atoms with Crippen LogP contribution in [0.2, 0.25) is 0 Å². The van der Waals surface area contributed by atoms with Crippen molar-refractivity contribution in [2.24, 2.45) is 23.2 Å². The number of carbonyl (C=O) groups is 2. The molecule has 3 unspecified atom stereocenters. The number of esters is 1. The second-order valence-corrected chi connectivity index (χ2v) is 11.0. The summed E-state index contributed by atoms with van der Waals surface area (Å²) in [6, 6.07) is 0. The van der Waals surface area contributed by atoms with E-state index in [0.717, 1.165) is 29.1 Å². The Kier molecular flexibility index (Phi) is 8.65. The number of aliphatic hydroxyl groups is 2. The van der Waals surface area contributed by atoms with E-state index in [1.807, 2.05) is 44.4 Å². The molecule has 0 spiro atoms. The molecule has 3 rings (SSSR count). The van der Waals surface area contributed by atoms with E-state index in [1.54, 1.807) is 18.3 Å². The van der Waals surface area contributed by atoms with Gasteiger partial charge in [-0.05, 0) is 62.2 Å². The van der Waals surface area contributed by atoms with Gasteiger partial charge in [0.15, 0.2) is 0 Å². The van der Waals surface area contributed by atoms with Crippen molar-refractivity contribution in [2.45, 2.75) is 78.4 Å². The van der Waals surface area contributed by atoms with Gasteiger partial charge in [0.2, 0.25) is 0 Å². The second-order valence-electron chi connectivity index (χ2n) is 9.96. The lowest BCUT2D eigenvalue weighted by Gasteiger charge is -2.46. The second kappa shape index (κ2) is 11.1. The van der Waals surface area contributed by atoms with Crippen molar-refractivity contribution >= 4 is 29.2 Å². The van der Waals surface area contributed by atoms with Crippen molar-refractivity contribution in [3.8, 4) is 0 Å². The van der Waals surface area contributed by atoms with Crippen LogP contribution in [0.4, 0.5) is 0 Å². The molecule has 1 aliphatic heterocycles. The molecule has 6 nitrogen and oxygen atoms in total. The molecule has 2 aliphatic rings. The number of aryl methyl sites for hydroxylation is 1. The van der Waals surface area contributed by atoms with Crippen molar-refractivity contribution in [1.29, 1.82) is 0 Å². The normalized spacial score (nSPS) is 36.2. The summed E-state index contributed by atoms with van der Waals surface area (Å²) in [5, 5.41) is 23.5. The molecule has 0 saturated heterocycles. The highest BCUT2D eigenvalue weighted by Crippen LogP contribution is 2.47. The number of ketones is 1. The van der Waals surface area contributed by atoms with Gasteiger partial charge in [-0.2, -0.15) is 0 Å². The number of Topliss-reactive ketones (excluding diaryl/α,β-unsaturated/α-hetero) is 1. The number of carbonyl (C=O) groups excluding carboxylic acids is 2. The van der Waals surface area contributed by atoms with E-state index in [-0.39, 0.29) is 36.6 Å². The summed E-state index contributed by atoms with van der Waals surface area (Å²) in [5.74, 6) is -0.948. The quantitative estimate of drug-likeness (QED) is 0.494. The number of ether oxygens (including phenoxy) is 1. The van der Waals surface area contributed by atoms with Gasteiger partial charge in [0.25, 0.3) is 0 Å². The number of aromatic nitrogens is 1. The summed E-state index contributed by atoms with van der Waals surface area (Å²) >= 11 is 1.56. The highest BCUT2D eigenvalue weighted by atomic mass is 32.1. The van der Waals surface area contributed by atoms with Crippen LogP contribution < -0.4 is 0 Å². The molecule has 1 saturated carbocycles. The Labute approximate surface area is 200 Å². The SMILES string of the molecule is Cc1nc(/C=C/C2C/C=C(/CO)CCC[C@@H]3CC(C)(C(=O)[C@H](C)C3O)[C@@H](C)CC(=O)O2)cs1. The Morgan fingerprint density at radius 3 is 2.76 bits per heavy atom. The average Bonchev–Trinajstić information content (AvgIpc) is 3.20. The van der Waals surface area contributed by atoms with Crippen LogP contribution in [0.15, 0.2) is 23.1 Å². The zero-order valence-corrected chi connectivity index (χ0v) is 20.9. The molecule has 2 heterocycles. The maximum absolute atomic E-state index is 13.2. The largest absolute Gasteiger partial charge is 0.458 e. The van der Waals surface area contributed by atoms with Crippen molar-refractivity contribution < 1.29 is 24.5 Å². The van der Waals surface area contributed by atoms with Crippen LogP contribution in [0, 0.1) is 30.1 Å². The Bertz CT molecular complexity index is 906. The number of nitrogens with zero attached hydrogens (tertiary/aromatic N) is 1. The highest BCUT2D eigenvalue weighted by molar-refractivity contribution is 7.09. The fourth-order valence-corrected chi connectivity index (χ4v) is 5.79. The summed E-state index contributed by atoms with van der Waals surface area (Å²) in [4.78, 5) is 30.5. The first-order valence-corrected chi connectivity index (χ1v) is 12.8. The smallest absolute Gasteiger partial charge is 0.306 e. The number of cyclic esters (lactones) is 1. The molecule has 2 bridgehead atoms. The lowest BCUT2D eigenvalue weighted by molar-refractivity contribution is -0.155. The molecule has 1 fully saturated rings. The summed E-state index contributed by atoms with van der Waals surface area (Å²) in [6.07, 6.45) is 8.04. The Balaban J connectivity index is 1.85. The third-order valence-electron chi connectivity index (χ3n) is 7.53. The number of hydrogen-bond donors (Lipinski definition) is 2. The number of rotatable bonds is 3. The van der Waals surface area contributed by atoms with Gasteiger partial charge in [-0.25, -0.2) is 4.98 Å². The van der Waals surface area contributed by atoms with Crippen molar-refractivity contribution in [2.75, 3.05) is 6.61 Å². The fraction of sp³-hybridized carbons (Fsp3) is 0.654. The lowest BCUT2D eigenvalue weighted by Crippen LogP contribution is -2.51. The minimum absolute atomic E-state index is 0.00121. The fourth-order valence-electron chi connectivity index (χ4n) is 5.21. The summed E-state index contributed by atoms with van der Waals surface area (Å²) in [5.41, 5.74) is 1.05. The molecule has 1 aromatic rings. The minimum Gasteiger partial charge on any atom is -0.458 e. The molecule has 1 aliphatic carbocycles. The first-order chi connectivity index (χ1) is 15.6. The topological polar surface area (TPSA) is 96.7 Å². The Morgan fingerprint density at radius 2 is 2.09 bits per heavy atom. The van der Waals surface area contributed by atoms with E-state index in [2.05, 4.69) is 4.98 Å². The molecule has 6 atom stereocenters. The van der Waals surface area contributed by atoms with Crippen LogP contribution in [0.5, 0.6) is 0 Å². The standard InChI is InChI=1S/C26H37NO5S/c1-16-12-23(29)32-22(11-9-21-15-33-18(3)27-21)10-8-19(14-28)6-5-7-20-13-26(16,4)25(31)17(2)24(20)30/h8-9,11,15-17,20,22,24,28,30H,5-7,10,12-14H2,1-4H3/b11-9+,19-8+/t16-,17+,20+,22?,24?,26?/m0/s1. The molecule has 33 heavy (non-hydrogen) atoms. The van der Waals surface area contributed by atoms with E-state index in [1.165, 1.54) is 0 Å².